The molecule has 0 spiro atoms. The molecular formula is C10H12BrFN2O4S. The van der Waals surface area contributed by atoms with Gasteiger partial charge in [0.25, 0.3) is 0 Å². The Bertz CT molecular complexity index is 600. The molecule has 6 nitrogen and oxygen atoms in total. The van der Waals surface area contributed by atoms with Crippen molar-refractivity contribution in [1.82, 2.24) is 4.31 Å². The van der Waals surface area contributed by atoms with Crippen molar-refractivity contribution in [3.63, 3.8) is 0 Å². The minimum absolute atomic E-state index is 0.0635. The number of rotatable bonds is 2. The third kappa shape index (κ3) is 2.61. The SMILES string of the molecule is Nc1cc(Br)c(F)c(S(=O)(=O)N2C[C@@H](O)[C@@H](O)C2)c1. The molecule has 0 radical (unpaired) electrons. The van der Waals surface area contributed by atoms with Gasteiger partial charge in [-0.05, 0) is 28.1 Å². The monoisotopic (exact) mass is 354 g/mol. The third-order valence-electron chi connectivity index (χ3n) is 2.86. The number of anilines is 1. The molecule has 1 heterocycles. The number of nitrogen functional groups attached to an aromatic ring is 1. The second kappa shape index (κ2) is 4.98. The Balaban J connectivity index is 2.46. The van der Waals surface area contributed by atoms with Gasteiger partial charge in [-0.25, -0.2) is 12.8 Å². The summed E-state index contributed by atoms with van der Waals surface area (Å²) < 4.78 is 39.1. The summed E-state index contributed by atoms with van der Waals surface area (Å²) >= 11 is 2.88. The van der Waals surface area contributed by atoms with E-state index in [9.17, 15) is 23.0 Å². The average molecular weight is 355 g/mol. The normalized spacial score (nSPS) is 24.8. The number of aliphatic hydroxyl groups excluding tert-OH is 2. The number of nitrogens with zero attached hydrogens (tertiary/aromatic N) is 1. The number of halogens is 2. The van der Waals surface area contributed by atoms with Crippen LogP contribution in [0.2, 0.25) is 0 Å². The molecule has 1 aromatic rings. The van der Waals surface area contributed by atoms with Gasteiger partial charge in [0.1, 0.15) is 4.90 Å². The van der Waals surface area contributed by atoms with Crippen molar-refractivity contribution in [1.29, 1.82) is 0 Å². The maximum absolute atomic E-state index is 13.9. The van der Waals surface area contributed by atoms with E-state index in [1.807, 2.05) is 0 Å². The van der Waals surface area contributed by atoms with Crippen LogP contribution in [0.3, 0.4) is 0 Å². The van der Waals surface area contributed by atoms with Crippen LogP contribution in [-0.4, -0.2) is 48.2 Å². The van der Waals surface area contributed by atoms with Gasteiger partial charge in [-0.3, -0.25) is 0 Å². The minimum atomic E-state index is -4.15. The van der Waals surface area contributed by atoms with Crippen molar-refractivity contribution >= 4 is 31.6 Å². The zero-order chi connectivity index (χ0) is 14.4. The van der Waals surface area contributed by atoms with Crippen LogP contribution >= 0.6 is 15.9 Å². The standard InChI is InChI=1S/C10H12BrFN2O4S/c11-6-1-5(13)2-9(10(6)12)19(17,18)14-3-7(15)8(16)4-14/h1-2,7-8,15-16H,3-4,13H2/t7-,8+. The Morgan fingerprint density at radius 2 is 1.84 bits per heavy atom. The first-order chi connectivity index (χ1) is 8.73. The predicted molar refractivity (Wildman–Crippen MR) is 69.3 cm³/mol. The first kappa shape index (κ1) is 14.7. The van der Waals surface area contributed by atoms with Crippen molar-refractivity contribution in [3.05, 3.63) is 22.4 Å². The summed E-state index contributed by atoms with van der Waals surface area (Å²) in [7, 11) is -4.15. The Kier molecular flexibility index (Phi) is 3.85. The first-order valence-corrected chi connectivity index (χ1v) is 7.57. The van der Waals surface area contributed by atoms with Crippen LogP contribution in [0.4, 0.5) is 10.1 Å². The molecule has 2 rings (SSSR count). The number of aliphatic hydroxyl groups is 2. The van der Waals surface area contributed by atoms with Gasteiger partial charge in [-0.1, -0.05) is 0 Å². The number of β-amino-alcohol motifs (C(OH)–C–C–N with tert-alkyl or cyclic N) is 2. The molecule has 0 unspecified atom stereocenters. The lowest BCUT2D eigenvalue weighted by atomic mass is 10.3. The molecule has 0 amide bonds. The molecule has 0 saturated carbocycles. The van der Waals surface area contributed by atoms with E-state index < -0.39 is 32.9 Å². The summed E-state index contributed by atoms with van der Waals surface area (Å²) in [5.74, 6) is -0.954. The van der Waals surface area contributed by atoms with Crippen molar-refractivity contribution in [2.45, 2.75) is 17.1 Å². The fourth-order valence-electron chi connectivity index (χ4n) is 1.84. The summed E-state index contributed by atoms with van der Waals surface area (Å²) in [6.07, 6.45) is -2.36. The maximum Gasteiger partial charge on any atom is 0.246 e. The van der Waals surface area contributed by atoms with Gasteiger partial charge < -0.3 is 15.9 Å². The molecule has 0 aromatic heterocycles. The molecule has 106 valence electrons. The van der Waals surface area contributed by atoms with Crippen molar-refractivity contribution in [2.24, 2.45) is 0 Å². The largest absolute Gasteiger partial charge is 0.399 e. The average Bonchev–Trinajstić information content (AvgIpc) is 2.65. The summed E-state index contributed by atoms with van der Waals surface area (Å²) in [6, 6.07) is 2.26. The second-order valence-corrected chi connectivity index (χ2v) is 7.03. The fraction of sp³-hybridized carbons (Fsp3) is 0.400. The van der Waals surface area contributed by atoms with E-state index in [4.69, 9.17) is 5.73 Å². The molecule has 0 aliphatic carbocycles. The second-order valence-electron chi connectivity index (χ2n) is 4.27. The summed E-state index contributed by atoms with van der Waals surface area (Å²) in [5, 5.41) is 18.7. The van der Waals surface area contributed by atoms with E-state index in [0.29, 0.717) is 0 Å². The van der Waals surface area contributed by atoms with Crippen LogP contribution in [0.1, 0.15) is 0 Å². The quantitative estimate of drug-likeness (QED) is 0.643. The third-order valence-corrected chi connectivity index (χ3v) is 5.27. The van der Waals surface area contributed by atoms with Crippen LogP contribution in [0.15, 0.2) is 21.5 Å². The molecule has 1 aliphatic rings. The summed E-state index contributed by atoms with van der Waals surface area (Å²) in [5.41, 5.74) is 5.59. The van der Waals surface area contributed by atoms with Gasteiger partial charge in [0, 0.05) is 18.8 Å². The van der Waals surface area contributed by atoms with Gasteiger partial charge >= 0.3 is 0 Å². The number of nitrogens with two attached hydrogens (primary N) is 1. The molecule has 4 N–H and O–H groups in total. The van der Waals surface area contributed by atoms with Crippen molar-refractivity contribution in [2.75, 3.05) is 18.8 Å². The van der Waals surface area contributed by atoms with Gasteiger partial charge in [0.2, 0.25) is 10.0 Å². The van der Waals surface area contributed by atoms with Crippen molar-refractivity contribution < 1.29 is 23.0 Å². The zero-order valence-electron chi connectivity index (χ0n) is 9.62. The molecule has 9 heteroatoms. The fourth-order valence-corrected chi connectivity index (χ4v) is 4.05. The first-order valence-electron chi connectivity index (χ1n) is 5.34. The van der Waals surface area contributed by atoms with E-state index in [-0.39, 0.29) is 23.2 Å². The van der Waals surface area contributed by atoms with E-state index in [1.54, 1.807) is 0 Å². The van der Waals surface area contributed by atoms with E-state index in [0.717, 1.165) is 10.4 Å². The lowest BCUT2D eigenvalue weighted by Crippen LogP contribution is -2.30. The number of benzene rings is 1. The molecule has 1 fully saturated rings. The molecule has 0 bridgehead atoms. The lowest BCUT2D eigenvalue weighted by molar-refractivity contribution is 0.0572. The molecule has 1 aromatic carbocycles. The number of hydrogen-bond acceptors (Lipinski definition) is 5. The van der Waals surface area contributed by atoms with Crippen LogP contribution < -0.4 is 5.73 Å². The lowest BCUT2D eigenvalue weighted by Gasteiger charge is -2.16. The van der Waals surface area contributed by atoms with Crippen molar-refractivity contribution in [3.8, 4) is 0 Å². The van der Waals surface area contributed by atoms with Gasteiger partial charge in [-0.2, -0.15) is 4.31 Å². The molecule has 19 heavy (non-hydrogen) atoms. The number of sulfonamides is 1. The Morgan fingerprint density at radius 1 is 1.32 bits per heavy atom. The molecule has 2 atom stereocenters. The van der Waals surface area contributed by atoms with Gasteiger partial charge in [-0.15, -0.1) is 0 Å². The topological polar surface area (TPSA) is 104 Å². The number of hydrogen-bond donors (Lipinski definition) is 3. The summed E-state index contributed by atoms with van der Waals surface area (Å²) in [4.78, 5) is -0.583. The minimum Gasteiger partial charge on any atom is -0.399 e. The Labute approximate surface area is 117 Å². The highest BCUT2D eigenvalue weighted by Crippen LogP contribution is 2.29. The summed E-state index contributed by atoms with van der Waals surface area (Å²) in [6.45, 7) is -0.565. The van der Waals surface area contributed by atoms with Gasteiger partial charge in [0.15, 0.2) is 5.82 Å². The maximum atomic E-state index is 13.9. The molecule has 1 aliphatic heterocycles. The van der Waals surface area contributed by atoms with E-state index in [1.165, 1.54) is 6.07 Å². The highest BCUT2D eigenvalue weighted by atomic mass is 79.9. The highest BCUT2D eigenvalue weighted by Gasteiger charge is 2.39. The molecule has 1 saturated heterocycles. The Morgan fingerprint density at radius 3 is 2.37 bits per heavy atom. The zero-order valence-corrected chi connectivity index (χ0v) is 12.0. The van der Waals surface area contributed by atoms with E-state index >= 15 is 0 Å². The molecular weight excluding hydrogens is 343 g/mol. The van der Waals surface area contributed by atoms with Gasteiger partial charge in [0.05, 0.1) is 16.7 Å². The van der Waals surface area contributed by atoms with E-state index in [2.05, 4.69) is 15.9 Å². The van der Waals surface area contributed by atoms with Crippen LogP contribution in [0.5, 0.6) is 0 Å². The van der Waals surface area contributed by atoms with Crippen LogP contribution in [0, 0.1) is 5.82 Å². The highest BCUT2D eigenvalue weighted by molar-refractivity contribution is 9.10. The Hall–Kier alpha value is -0.740. The predicted octanol–water partition coefficient (Wildman–Crippen LogP) is -0.103. The smallest absolute Gasteiger partial charge is 0.246 e. The van der Waals surface area contributed by atoms with Crippen LogP contribution in [-0.2, 0) is 10.0 Å². The van der Waals surface area contributed by atoms with Crippen LogP contribution in [0.25, 0.3) is 0 Å².